The summed E-state index contributed by atoms with van der Waals surface area (Å²) in [4.78, 5) is 13.2. The Hall–Kier alpha value is -3.58. The van der Waals surface area contributed by atoms with Gasteiger partial charge in [0.25, 0.3) is 0 Å². The second kappa shape index (κ2) is 11.7. The standard InChI is InChI=1S/C28H31F2N3O2/c1-4-20(27(31)35-28(32)34)12-8-9-18(2)26(21-10-6-5-7-11-21)33-16-23(17-33)19(3)22-13-24(29)15-25(30)14-22/h5-15,19,23,26,31H,2,4,16-17H2,1,3H3,(H2,32,34)/b9-8-,20-12+,31-27?. The van der Waals surface area contributed by atoms with Crippen molar-refractivity contribution in [1.29, 1.82) is 5.41 Å². The number of benzene rings is 2. The minimum Gasteiger partial charge on any atom is -0.392 e. The molecule has 2 aromatic rings. The predicted molar refractivity (Wildman–Crippen MR) is 134 cm³/mol. The average Bonchev–Trinajstić information content (AvgIpc) is 2.77. The minimum absolute atomic E-state index is 0.0167. The molecular weight excluding hydrogens is 448 g/mol. The number of hydrogen-bond donors (Lipinski definition) is 2. The fourth-order valence-corrected chi connectivity index (χ4v) is 4.38. The lowest BCUT2D eigenvalue weighted by atomic mass is 9.80. The van der Waals surface area contributed by atoms with Gasteiger partial charge < -0.3 is 10.5 Å². The highest BCUT2D eigenvalue weighted by Gasteiger charge is 2.37. The molecule has 2 unspecified atom stereocenters. The van der Waals surface area contributed by atoms with Crippen LogP contribution in [0.25, 0.3) is 0 Å². The zero-order valence-corrected chi connectivity index (χ0v) is 20.0. The molecule has 2 atom stereocenters. The van der Waals surface area contributed by atoms with Crippen molar-refractivity contribution >= 4 is 12.0 Å². The molecule has 0 radical (unpaired) electrons. The summed E-state index contributed by atoms with van der Waals surface area (Å²) in [7, 11) is 0. The van der Waals surface area contributed by atoms with Crippen LogP contribution in [-0.2, 0) is 4.74 Å². The van der Waals surface area contributed by atoms with Crippen LogP contribution in [0.3, 0.4) is 0 Å². The molecule has 3 N–H and O–H groups in total. The second-order valence-electron chi connectivity index (χ2n) is 8.75. The van der Waals surface area contributed by atoms with E-state index in [-0.39, 0.29) is 23.8 Å². The summed E-state index contributed by atoms with van der Waals surface area (Å²) in [5.41, 5.74) is 8.15. The topological polar surface area (TPSA) is 79.4 Å². The van der Waals surface area contributed by atoms with Crippen molar-refractivity contribution in [2.24, 2.45) is 11.7 Å². The number of halogens is 2. The van der Waals surface area contributed by atoms with Crippen LogP contribution < -0.4 is 5.73 Å². The summed E-state index contributed by atoms with van der Waals surface area (Å²) in [5, 5.41) is 7.85. The Balaban J connectivity index is 1.74. The summed E-state index contributed by atoms with van der Waals surface area (Å²) in [5.74, 6) is -1.11. The smallest absolute Gasteiger partial charge is 0.392 e. The maximum absolute atomic E-state index is 13.7. The number of rotatable bonds is 9. The number of nitrogens with two attached hydrogens (primary N) is 1. The summed E-state index contributed by atoms with van der Waals surface area (Å²) in [6.45, 7) is 9.67. The van der Waals surface area contributed by atoms with Gasteiger partial charge in [-0.1, -0.05) is 69.0 Å². The highest BCUT2D eigenvalue weighted by Crippen LogP contribution is 2.39. The number of carbonyl (C=O) groups excluding carboxylic acids is 1. The molecule has 0 spiro atoms. The van der Waals surface area contributed by atoms with Crippen LogP contribution in [0.1, 0.15) is 43.4 Å². The number of nitrogens with one attached hydrogen (secondary N) is 1. The molecule has 2 aromatic carbocycles. The van der Waals surface area contributed by atoms with Crippen LogP contribution in [0, 0.1) is 23.0 Å². The Bertz CT molecular complexity index is 1120. The zero-order valence-electron chi connectivity index (χ0n) is 20.0. The average molecular weight is 480 g/mol. The number of ether oxygens (including phenoxy) is 1. The van der Waals surface area contributed by atoms with E-state index >= 15 is 0 Å². The van der Waals surface area contributed by atoms with Gasteiger partial charge in [-0.2, -0.15) is 0 Å². The summed E-state index contributed by atoms with van der Waals surface area (Å²) in [6, 6.07) is 13.6. The van der Waals surface area contributed by atoms with Gasteiger partial charge in [-0.05, 0) is 47.1 Å². The molecule has 1 amide bonds. The van der Waals surface area contributed by atoms with E-state index in [0.29, 0.717) is 17.6 Å². The van der Waals surface area contributed by atoms with Gasteiger partial charge in [-0.15, -0.1) is 0 Å². The summed E-state index contributed by atoms with van der Waals surface area (Å²) < 4.78 is 32.1. The molecule has 35 heavy (non-hydrogen) atoms. The summed E-state index contributed by atoms with van der Waals surface area (Å²) >= 11 is 0. The van der Waals surface area contributed by atoms with Gasteiger partial charge in [0.1, 0.15) is 11.6 Å². The largest absolute Gasteiger partial charge is 0.411 e. The third kappa shape index (κ3) is 6.73. The van der Waals surface area contributed by atoms with Gasteiger partial charge >= 0.3 is 6.09 Å². The van der Waals surface area contributed by atoms with E-state index in [9.17, 15) is 13.6 Å². The SMILES string of the molecule is C=C(/C=C\C=C(/CC)C(=N)OC(N)=O)C(c1ccccc1)N1CC(C(C)c2cc(F)cc(F)c2)C1. The van der Waals surface area contributed by atoms with Crippen LogP contribution >= 0.6 is 0 Å². The highest BCUT2D eigenvalue weighted by atomic mass is 19.1. The van der Waals surface area contributed by atoms with E-state index in [2.05, 4.69) is 16.2 Å². The fraction of sp³-hybridized carbons (Fsp3) is 0.286. The number of allylic oxidation sites excluding steroid dienone is 2. The van der Waals surface area contributed by atoms with Crippen molar-refractivity contribution < 1.29 is 18.3 Å². The lowest BCUT2D eigenvalue weighted by Gasteiger charge is -2.47. The number of primary amides is 1. The van der Waals surface area contributed by atoms with Crippen LogP contribution in [0.15, 0.2) is 84.5 Å². The second-order valence-corrected chi connectivity index (χ2v) is 8.75. The van der Waals surface area contributed by atoms with Crippen molar-refractivity contribution in [3.63, 3.8) is 0 Å². The van der Waals surface area contributed by atoms with E-state index in [1.165, 1.54) is 12.1 Å². The molecule has 1 heterocycles. The number of amides is 1. The molecular formula is C28H31F2N3O2. The summed E-state index contributed by atoms with van der Waals surface area (Å²) in [6.07, 6.45) is 4.85. The molecule has 1 fully saturated rings. The number of carbonyl (C=O) groups is 1. The Labute approximate surface area is 205 Å². The lowest BCUT2D eigenvalue weighted by molar-refractivity contribution is 0.0548. The minimum atomic E-state index is -1.02. The Morgan fingerprint density at radius 3 is 2.40 bits per heavy atom. The van der Waals surface area contributed by atoms with Crippen molar-refractivity contribution in [3.8, 4) is 0 Å². The molecule has 1 saturated heterocycles. The first kappa shape index (κ1) is 26.0. The van der Waals surface area contributed by atoms with Gasteiger partial charge in [-0.3, -0.25) is 10.3 Å². The first-order chi connectivity index (χ1) is 16.7. The predicted octanol–water partition coefficient (Wildman–Crippen LogP) is 6.26. The Morgan fingerprint density at radius 1 is 1.20 bits per heavy atom. The molecule has 0 saturated carbocycles. The maximum Gasteiger partial charge on any atom is 0.411 e. The Morgan fingerprint density at radius 2 is 1.83 bits per heavy atom. The van der Waals surface area contributed by atoms with Gasteiger partial charge in [0.15, 0.2) is 0 Å². The fourth-order valence-electron chi connectivity index (χ4n) is 4.38. The normalized spacial score (nSPS) is 16.5. The van der Waals surface area contributed by atoms with Crippen LogP contribution in [0.4, 0.5) is 13.6 Å². The van der Waals surface area contributed by atoms with E-state index in [4.69, 9.17) is 11.1 Å². The van der Waals surface area contributed by atoms with E-state index in [0.717, 1.165) is 30.3 Å². The van der Waals surface area contributed by atoms with E-state index in [1.54, 1.807) is 12.2 Å². The molecule has 7 heteroatoms. The van der Waals surface area contributed by atoms with E-state index in [1.807, 2.05) is 50.3 Å². The molecule has 0 aliphatic carbocycles. The maximum atomic E-state index is 13.7. The third-order valence-electron chi connectivity index (χ3n) is 6.37. The van der Waals surface area contributed by atoms with Crippen molar-refractivity contribution in [3.05, 3.63) is 107 Å². The van der Waals surface area contributed by atoms with Crippen molar-refractivity contribution in [2.75, 3.05) is 13.1 Å². The Kier molecular flexibility index (Phi) is 8.71. The molecule has 1 aliphatic rings. The van der Waals surface area contributed by atoms with Gasteiger partial charge in [0.05, 0.1) is 6.04 Å². The number of likely N-dealkylation sites (tertiary alicyclic amines) is 1. The highest BCUT2D eigenvalue weighted by molar-refractivity contribution is 5.97. The van der Waals surface area contributed by atoms with Gasteiger partial charge in [0, 0.05) is 24.7 Å². The molecule has 5 nitrogen and oxygen atoms in total. The molecule has 0 aromatic heterocycles. The monoisotopic (exact) mass is 479 g/mol. The quantitative estimate of drug-likeness (QED) is 0.253. The van der Waals surface area contributed by atoms with Crippen LogP contribution in [0.2, 0.25) is 0 Å². The van der Waals surface area contributed by atoms with Gasteiger partial charge in [0.2, 0.25) is 5.90 Å². The van der Waals surface area contributed by atoms with Crippen LogP contribution in [-0.4, -0.2) is 30.0 Å². The number of nitrogens with zero attached hydrogens (tertiary/aromatic N) is 1. The van der Waals surface area contributed by atoms with Crippen LogP contribution in [0.5, 0.6) is 0 Å². The zero-order chi connectivity index (χ0) is 25.5. The van der Waals surface area contributed by atoms with E-state index < -0.39 is 17.7 Å². The molecule has 1 aliphatic heterocycles. The van der Waals surface area contributed by atoms with Gasteiger partial charge in [-0.25, -0.2) is 13.6 Å². The molecule has 3 rings (SSSR count). The molecule has 0 bridgehead atoms. The third-order valence-corrected chi connectivity index (χ3v) is 6.37. The lowest BCUT2D eigenvalue weighted by Crippen LogP contribution is -2.50. The first-order valence-electron chi connectivity index (χ1n) is 11.6. The van der Waals surface area contributed by atoms with Crippen molar-refractivity contribution in [2.45, 2.75) is 32.2 Å². The van der Waals surface area contributed by atoms with Crippen molar-refractivity contribution in [1.82, 2.24) is 4.90 Å². The molecule has 184 valence electrons. The first-order valence-corrected chi connectivity index (χ1v) is 11.6. The number of hydrogen-bond acceptors (Lipinski definition) is 4.